The van der Waals surface area contributed by atoms with Gasteiger partial charge in [0.15, 0.2) is 0 Å². The summed E-state index contributed by atoms with van der Waals surface area (Å²) >= 11 is 0. The largest absolute Gasteiger partial charge is 0.507 e. The highest BCUT2D eigenvalue weighted by Crippen LogP contribution is 2.40. The standard InChI is InChI=1S/C21H25FN4O3/c1-12-16(13(2)25(5)23-12)19(27)17-18(14-8-6-7-9-15(14)22)26(11-10-24(3)4)21(29)20(17)28/h6-9,18,27H,10-11H2,1-5H3/t18-/m0/s1. The van der Waals surface area contributed by atoms with E-state index in [0.717, 1.165) is 0 Å². The summed E-state index contributed by atoms with van der Waals surface area (Å²) in [6.45, 7) is 4.18. The zero-order valence-corrected chi connectivity index (χ0v) is 17.2. The molecule has 0 unspecified atom stereocenters. The lowest BCUT2D eigenvalue weighted by Gasteiger charge is -2.26. The molecule has 0 spiro atoms. The van der Waals surface area contributed by atoms with Crippen molar-refractivity contribution < 1.29 is 19.1 Å². The van der Waals surface area contributed by atoms with Crippen LogP contribution >= 0.6 is 0 Å². The Morgan fingerprint density at radius 3 is 2.45 bits per heavy atom. The van der Waals surface area contributed by atoms with Gasteiger partial charge in [0.05, 0.1) is 22.9 Å². The van der Waals surface area contributed by atoms with Gasteiger partial charge in [0.25, 0.3) is 11.7 Å². The van der Waals surface area contributed by atoms with Gasteiger partial charge in [-0.1, -0.05) is 18.2 Å². The number of aliphatic hydroxyl groups excluding tert-OH is 1. The Bertz CT molecular complexity index is 1010. The van der Waals surface area contributed by atoms with Crippen LogP contribution in [0, 0.1) is 19.7 Å². The lowest BCUT2D eigenvalue weighted by molar-refractivity contribution is -0.140. The van der Waals surface area contributed by atoms with Gasteiger partial charge in [-0.2, -0.15) is 5.10 Å². The van der Waals surface area contributed by atoms with Crippen LogP contribution in [0.5, 0.6) is 0 Å². The fraction of sp³-hybridized carbons (Fsp3) is 0.381. The van der Waals surface area contributed by atoms with E-state index in [-0.39, 0.29) is 23.4 Å². The van der Waals surface area contributed by atoms with E-state index >= 15 is 0 Å². The first-order valence-electron chi connectivity index (χ1n) is 9.33. The molecule has 1 aliphatic heterocycles. The first kappa shape index (κ1) is 20.7. The lowest BCUT2D eigenvalue weighted by Crippen LogP contribution is -2.35. The molecule has 1 aromatic heterocycles. The first-order chi connectivity index (χ1) is 13.6. The van der Waals surface area contributed by atoms with Gasteiger partial charge in [0, 0.05) is 31.4 Å². The predicted octanol–water partition coefficient (Wildman–Crippen LogP) is 2.16. The molecule has 2 heterocycles. The number of aryl methyl sites for hydroxylation is 2. The quantitative estimate of drug-likeness (QED) is 0.473. The summed E-state index contributed by atoms with van der Waals surface area (Å²) < 4.78 is 16.3. The number of hydrogen-bond donors (Lipinski definition) is 1. The number of ketones is 1. The number of halogens is 1. The van der Waals surface area contributed by atoms with Crippen LogP contribution in [0.25, 0.3) is 5.76 Å². The highest BCUT2D eigenvalue weighted by Gasteiger charge is 2.47. The molecule has 0 radical (unpaired) electrons. The molecule has 7 nitrogen and oxygen atoms in total. The summed E-state index contributed by atoms with van der Waals surface area (Å²) in [5, 5.41) is 15.4. The normalized spacial score (nSPS) is 18.9. The Kier molecular flexibility index (Phi) is 5.57. The molecule has 0 saturated carbocycles. The van der Waals surface area contributed by atoms with Crippen molar-refractivity contribution in [3.8, 4) is 0 Å². The summed E-state index contributed by atoms with van der Waals surface area (Å²) in [6, 6.07) is 4.99. The number of carbonyl (C=O) groups is 2. The van der Waals surface area contributed by atoms with E-state index in [1.165, 1.54) is 17.0 Å². The number of benzene rings is 1. The number of likely N-dealkylation sites (tertiary alicyclic amines) is 1. The number of rotatable bonds is 5. The molecule has 2 aromatic rings. The monoisotopic (exact) mass is 400 g/mol. The van der Waals surface area contributed by atoms with Crippen LogP contribution in [0.3, 0.4) is 0 Å². The number of nitrogens with zero attached hydrogens (tertiary/aromatic N) is 4. The number of aliphatic hydroxyl groups is 1. The second kappa shape index (κ2) is 7.79. The predicted molar refractivity (Wildman–Crippen MR) is 107 cm³/mol. The number of aromatic nitrogens is 2. The Morgan fingerprint density at radius 2 is 1.90 bits per heavy atom. The van der Waals surface area contributed by atoms with Crippen LogP contribution in [0.1, 0.15) is 28.6 Å². The average molecular weight is 400 g/mol. The molecular weight excluding hydrogens is 375 g/mol. The minimum atomic E-state index is -1.00. The summed E-state index contributed by atoms with van der Waals surface area (Å²) in [7, 11) is 5.41. The van der Waals surface area contributed by atoms with Crippen molar-refractivity contribution in [2.45, 2.75) is 19.9 Å². The fourth-order valence-electron chi connectivity index (χ4n) is 3.69. The van der Waals surface area contributed by atoms with E-state index < -0.39 is 23.5 Å². The number of hydrogen-bond acceptors (Lipinski definition) is 5. The summed E-state index contributed by atoms with van der Waals surface area (Å²) in [5.74, 6) is -2.44. The van der Waals surface area contributed by atoms with Crippen LogP contribution in [-0.2, 0) is 16.6 Å². The van der Waals surface area contributed by atoms with E-state index in [9.17, 15) is 19.1 Å². The third kappa shape index (κ3) is 3.55. The van der Waals surface area contributed by atoms with Gasteiger partial charge in [-0.15, -0.1) is 0 Å². The van der Waals surface area contributed by atoms with Crippen molar-refractivity contribution >= 4 is 17.4 Å². The zero-order valence-electron chi connectivity index (χ0n) is 17.2. The number of likely N-dealkylation sites (N-methyl/N-ethyl adjacent to an activating group) is 1. The van der Waals surface area contributed by atoms with Crippen LogP contribution in [-0.4, -0.2) is 63.6 Å². The molecular formula is C21H25FN4O3. The second-order valence-electron chi connectivity index (χ2n) is 7.49. The van der Waals surface area contributed by atoms with Gasteiger partial charge < -0.3 is 14.9 Å². The fourth-order valence-corrected chi connectivity index (χ4v) is 3.69. The Hall–Kier alpha value is -3.00. The third-order valence-corrected chi connectivity index (χ3v) is 5.27. The maximum Gasteiger partial charge on any atom is 0.295 e. The molecule has 0 bridgehead atoms. The Balaban J connectivity index is 2.24. The van der Waals surface area contributed by atoms with E-state index in [2.05, 4.69) is 5.10 Å². The molecule has 1 aromatic carbocycles. The smallest absolute Gasteiger partial charge is 0.295 e. The van der Waals surface area contributed by atoms with Crippen molar-refractivity contribution in [3.63, 3.8) is 0 Å². The molecule has 3 rings (SSSR count). The van der Waals surface area contributed by atoms with Crippen molar-refractivity contribution in [2.24, 2.45) is 7.05 Å². The van der Waals surface area contributed by atoms with Crippen molar-refractivity contribution in [2.75, 3.05) is 27.2 Å². The molecule has 1 N–H and O–H groups in total. The highest BCUT2D eigenvalue weighted by atomic mass is 19.1. The molecule has 29 heavy (non-hydrogen) atoms. The maximum atomic E-state index is 14.7. The van der Waals surface area contributed by atoms with E-state index in [4.69, 9.17) is 0 Å². The van der Waals surface area contributed by atoms with Crippen molar-refractivity contribution in [1.29, 1.82) is 0 Å². The lowest BCUT2D eigenvalue weighted by atomic mass is 9.94. The topological polar surface area (TPSA) is 78.7 Å². The SMILES string of the molecule is Cc1nn(C)c(C)c1C(O)=C1C(=O)C(=O)N(CCN(C)C)[C@H]1c1ccccc1F. The van der Waals surface area contributed by atoms with Gasteiger partial charge in [0.2, 0.25) is 0 Å². The molecule has 1 saturated heterocycles. The van der Waals surface area contributed by atoms with Gasteiger partial charge >= 0.3 is 0 Å². The van der Waals surface area contributed by atoms with Crippen molar-refractivity contribution in [3.05, 3.63) is 58.2 Å². The molecule has 154 valence electrons. The van der Waals surface area contributed by atoms with Gasteiger partial charge in [-0.25, -0.2) is 4.39 Å². The number of amides is 1. The molecule has 1 atom stereocenters. The molecule has 8 heteroatoms. The molecule has 1 aliphatic rings. The van der Waals surface area contributed by atoms with Gasteiger partial charge in [0.1, 0.15) is 11.6 Å². The molecule has 1 fully saturated rings. The van der Waals surface area contributed by atoms with Crippen LogP contribution in [0.2, 0.25) is 0 Å². The number of Topliss-reactive ketones (excluding diaryl/α,β-unsaturated/α-hetero) is 1. The third-order valence-electron chi connectivity index (χ3n) is 5.27. The molecule has 1 amide bonds. The second-order valence-corrected chi connectivity index (χ2v) is 7.49. The first-order valence-corrected chi connectivity index (χ1v) is 9.33. The van der Waals surface area contributed by atoms with Crippen LogP contribution in [0.15, 0.2) is 29.8 Å². The minimum Gasteiger partial charge on any atom is -0.507 e. The minimum absolute atomic E-state index is 0.113. The van der Waals surface area contributed by atoms with Crippen molar-refractivity contribution in [1.82, 2.24) is 19.6 Å². The highest BCUT2D eigenvalue weighted by molar-refractivity contribution is 6.46. The summed E-state index contributed by atoms with van der Waals surface area (Å²) in [4.78, 5) is 28.9. The van der Waals surface area contributed by atoms with Crippen LogP contribution in [0.4, 0.5) is 4.39 Å². The van der Waals surface area contributed by atoms with Crippen LogP contribution < -0.4 is 0 Å². The Morgan fingerprint density at radius 1 is 1.24 bits per heavy atom. The van der Waals surface area contributed by atoms with E-state index in [1.54, 1.807) is 37.7 Å². The van der Waals surface area contributed by atoms with E-state index in [1.807, 2.05) is 19.0 Å². The maximum absolute atomic E-state index is 14.7. The van der Waals surface area contributed by atoms with Gasteiger partial charge in [-0.05, 0) is 34.0 Å². The van der Waals surface area contributed by atoms with Gasteiger partial charge in [-0.3, -0.25) is 14.3 Å². The van der Waals surface area contributed by atoms with E-state index in [0.29, 0.717) is 23.5 Å². The average Bonchev–Trinajstić information content (AvgIpc) is 3.06. The summed E-state index contributed by atoms with van der Waals surface area (Å²) in [5.41, 5.74) is 1.62. The zero-order chi connectivity index (χ0) is 21.5. The summed E-state index contributed by atoms with van der Waals surface area (Å²) in [6.07, 6.45) is 0. The molecule has 0 aliphatic carbocycles. The Labute approximate surface area is 169 Å². The number of carbonyl (C=O) groups excluding carboxylic acids is 2.